The molecule has 2 unspecified atom stereocenters. The van der Waals surface area contributed by atoms with Crippen molar-refractivity contribution in [2.45, 2.75) is 96.8 Å². The summed E-state index contributed by atoms with van der Waals surface area (Å²) in [6.45, 7) is 4.54. The lowest BCUT2D eigenvalue weighted by Gasteiger charge is -2.36. The lowest BCUT2D eigenvalue weighted by Crippen LogP contribution is -2.23. The van der Waals surface area contributed by atoms with Crippen LogP contribution in [0.3, 0.4) is 0 Å². The summed E-state index contributed by atoms with van der Waals surface area (Å²) < 4.78 is 0. The van der Waals surface area contributed by atoms with Crippen molar-refractivity contribution >= 4 is 0 Å². The van der Waals surface area contributed by atoms with E-state index < -0.39 is 0 Å². The molecule has 1 fully saturated rings. The second-order valence-corrected chi connectivity index (χ2v) is 9.18. The van der Waals surface area contributed by atoms with Crippen molar-refractivity contribution in [2.75, 3.05) is 0 Å². The minimum absolute atomic E-state index is 0.795. The van der Waals surface area contributed by atoms with Crippen molar-refractivity contribution in [1.82, 2.24) is 0 Å². The van der Waals surface area contributed by atoms with Crippen molar-refractivity contribution < 1.29 is 0 Å². The molecule has 2 aliphatic carbocycles. The maximum atomic E-state index is 2.44. The molecule has 0 aromatic heterocycles. The van der Waals surface area contributed by atoms with E-state index in [1.807, 2.05) is 0 Å². The number of unbranched alkanes of at least 4 members (excludes halogenated alkanes) is 2. The van der Waals surface area contributed by atoms with Crippen molar-refractivity contribution in [3.63, 3.8) is 0 Å². The first-order valence-electron chi connectivity index (χ1n) is 11.5. The van der Waals surface area contributed by atoms with Gasteiger partial charge >= 0.3 is 0 Å². The predicted molar refractivity (Wildman–Crippen MR) is 115 cm³/mol. The molecule has 1 aromatic rings. The van der Waals surface area contributed by atoms with Crippen LogP contribution < -0.4 is 0 Å². The average molecular weight is 353 g/mol. The smallest absolute Gasteiger partial charge is 0.0131 e. The third-order valence-corrected chi connectivity index (χ3v) is 7.15. The van der Waals surface area contributed by atoms with Gasteiger partial charge in [-0.25, -0.2) is 0 Å². The highest BCUT2D eigenvalue weighted by Crippen LogP contribution is 2.44. The molecule has 0 aliphatic heterocycles. The van der Waals surface area contributed by atoms with Crippen LogP contribution in [0.4, 0.5) is 0 Å². The Balaban J connectivity index is 1.62. The molecule has 0 bridgehead atoms. The monoisotopic (exact) mass is 352 g/mol. The van der Waals surface area contributed by atoms with Gasteiger partial charge in [-0.15, -0.1) is 0 Å². The van der Waals surface area contributed by atoms with Crippen LogP contribution in [0, 0.1) is 24.7 Å². The Morgan fingerprint density at radius 3 is 2.31 bits per heavy atom. The summed E-state index contributed by atoms with van der Waals surface area (Å²) >= 11 is 0. The lowest BCUT2D eigenvalue weighted by molar-refractivity contribution is 0.210. The Bertz CT molecular complexity index is 530. The molecule has 26 heavy (non-hydrogen) atoms. The molecule has 0 radical (unpaired) electrons. The van der Waals surface area contributed by atoms with Gasteiger partial charge in [0, 0.05) is 0 Å². The average Bonchev–Trinajstić information content (AvgIpc) is 2.69. The minimum Gasteiger partial charge on any atom is -0.0885 e. The summed E-state index contributed by atoms with van der Waals surface area (Å²) in [6, 6.07) is 9.54. The molecule has 0 saturated heterocycles. The quantitative estimate of drug-likeness (QED) is 0.326. The van der Waals surface area contributed by atoms with E-state index in [2.05, 4.69) is 50.3 Å². The van der Waals surface area contributed by atoms with E-state index in [4.69, 9.17) is 0 Å². The Morgan fingerprint density at radius 1 is 0.885 bits per heavy atom. The number of allylic oxidation sites excluding steroid dienone is 2. The number of aryl methyl sites for hydroxylation is 1. The van der Waals surface area contributed by atoms with E-state index in [0.717, 1.165) is 23.7 Å². The summed E-state index contributed by atoms with van der Waals surface area (Å²) in [4.78, 5) is 0. The van der Waals surface area contributed by atoms with Gasteiger partial charge in [-0.1, -0.05) is 87.4 Å². The molecule has 1 saturated carbocycles. The first kappa shape index (κ1) is 19.7. The summed E-state index contributed by atoms with van der Waals surface area (Å²) in [5.41, 5.74) is 3.02. The standard InChI is InChI=1S/C26H40/c1-3-4-6-9-22-14-18-25(19-15-22)26(20-23-10-7-5-8-11-23)24-16-12-21(2)13-17-24/h5,7,12-13,16-17,22-23,25-26H,3-4,6,8-11,14-15,18-20H2,1-2H3. The zero-order valence-electron chi connectivity index (χ0n) is 17.3. The second-order valence-electron chi connectivity index (χ2n) is 9.18. The summed E-state index contributed by atoms with van der Waals surface area (Å²) in [5.74, 6) is 3.65. The molecule has 1 aromatic carbocycles. The van der Waals surface area contributed by atoms with Gasteiger partial charge in [-0.05, 0) is 74.7 Å². The van der Waals surface area contributed by atoms with Crippen LogP contribution >= 0.6 is 0 Å². The number of hydrogen-bond acceptors (Lipinski definition) is 0. The van der Waals surface area contributed by atoms with Gasteiger partial charge in [0.2, 0.25) is 0 Å². The molecule has 3 rings (SSSR count). The van der Waals surface area contributed by atoms with Crippen LogP contribution in [0.2, 0.25) is 0 Å². The van der Waals surface area contributed by atoms with Gasteiger partial charge in [-0.2, -0.15) is 0 Å². The zero-order chi connectivity index (χ0) is 18.2. The fourth-order valence-corrected chi connectivity index (χ4v) is 5.41. The van der Waals surface area contributed by atoms with Gasteiger partial charge in [0.25, 0.3) is 0 Å². The topological polar surface area (TPSA) is 0 Å². The molecule has 2 atom stereocenters. The summed E-state index contributed by atoms with van der Waals surface area (Å²) in [6.07, 6.45) is 21.9. The Kier molecular flexibility index (Phi) is 7.84. The van der Waals surface area contributed by atoms with Gasteiger partial charge in [0.05, 0.1) is 0 Å². The molecule has 0 amide bonds. The zero-order valence-corrected chi connectivity index (χ0v) is 17.3. The normalized spacial score (nSPS) is 27.4. The fraction of sp³-hybridized carbons (Fsp3) is 0.692. The number of benzene rings is 1. The fourth-order valence-electron chi connectivity index (χ4n) is 5.41. The molecule has 0 spiro atoms. The van der Waals surface area contributed by atoms with Gasteiger partial charge in [0.15, 0.2) is 0 Å². The van der Waals surface area contributed by atoms with E-state index in [-0.39, 0.29) is 0 Å². The first-order chi connectivity index (χ1) is 12.8. The van der Waals surface area contributed by atoms with E-state index in [1.165, 1.54) is 82.6 Å². The largest absolute Gasteiger partial charge is 0.0885 e. The lowest BCUT2D eigenvalue weighted by atomic mass is 9.69. The second kappa shape index (κ2) is 10.3. The van der Waals surface area contributed by atoms with Crippen molar-refractivity contribution in [2.24, 2.45) is 17.8 Å². The van der Waals surface area contributed by atoms with E-state index in [1.54, 1.807) is 5.56 Å². The van der Waals surface area contributed by atoms with Crippen LogP contribution in [0.1, 0.15) is 101 Å². The third kappa shape index (κ3) is 5.73. The van der Waals surface area contributed by atoms with Crippen LogP contribution in [0.15, 0.2) is 36.4 Å². The molecule has 0 heterocycles. The van der Waals surface area contributed by atoms with Gasteiger partial charge in [-0.3, -0.25) is 0 Å². The number of rotatable bonds is 8. The van der Waals surface area contributed by atoms with Crippen LogP contribution in [0.25, 0.3) is 0 Å². The Hall–Kier alpha value is -1.04. The van der Waals surface area contributed by atoms with Gasteiger partial charge < -0.3 is 0 Å². The highest BCUT2D eigenvalue weighted by Gasteiger charge is 2.30. The van der Waals surface area contributed by atoms with Crippen molar-refractivity contribution in [3.8, 4) is 0 Å². The molecule has 0 N–H and O–H groups in total. The van der Waals surface area contributed by atoms with Crippen molar-refractivity contribution in [3.05, 3.63) is 47.5 Å². The van der Waals surface area contributed by atoms with Crippen LogP contribution in [-0.2, 0) is 0 Å². The first-order valence-corrected chi connectivity index (χ1v) is 11.5. The molecule has 2 aliphatic rings. The molecule has 0 heteroatoms. The highest BCUT2D eigenvalue weighted by atomic mass is 14.3. The van der Waals surface area contributed by atoms with E-state index in [0.29, 0.717) is 0 Å². The van der Waals surface area contributed by atoms with E-state index >= 15 is 0 Å². The Labute approximate surface area is 162 Å². The molecular weight excluding hydrogens is 312 g/mol. The van der Waals surface area contributed by atoms with Gasteiger partial charge in [0.1, 0.15) is 0 Å². The highest BCUT2D eigenvalue weighted by molar-refractivity contribution is 5.25. The van der Waals surface area contributed by atoms with Crippen LogP contribution in [0.5, 0.6) is 0 Å². The minimum atomic E-state index is 0.795. The maximum Gasteiger partial charge on any atom is -0.0131 e. The summed E-state index contributed by atoms with van der Waals surface area (Å²) in [5, 5.41) is 0. The predicted octanol–water partition coefficient (Wildman–Crippen LogP) is 8.21. The van der Waals surface area contributed by atoms with E-state index in [9.17, 15) is 0 Å². The Morgan fingerprint density at radius 2 is 1.65 bits per heavy atom. The van der Waals surface area contributed by atoms with Crippen molar-refractivity contribution in [1.29, 1.82) is 0 Å². The molecular formula is C26H40. The van der Waals surface area contributed by atoms with Crippen LogP contribution in [-0.4, -0.2) is 0 Å². The molecule has 144 valence electrons. The maximum absolute atomic E-state index is 2.44. The SMILES string of the molecule is CCCCCC1CCC(C(CC2CC=CCC2)c2ccc(C)cc2)CC1. The summed E-state index contributed by atoms with van der Waals surface area (Å²) in [7, 11) is 0. The molecule has 0 nitrogen and oxygen atoms in total. The third-order valence-electron chi connectivity index (χ3n) is 7.15. The number of hydrogen-bond donors (Lipinski definition) is 0.